The Morgan fingerprint density at radius 1 is 1.14 bits per heavy atom. The molecule has 2 unspecified atom stereocenters. The van der Waals surface area contributed by atoms with E-state index in [2.05, 4.69) is 0 Å². The number of carbonyl (C=O) groups excluding carboxylic acids is 1. The number of aliphatic hydroxyl groups is 2. The third-order valence-corrected chi connectivity index (χ3v) is 2.85. The number of hydrogen-bond acceptors (Lipinski definition) is 6. The van der Waals surface area contributed by atoms with Crippen molar-refractivity contribution < 1.29 is 39.5 Å². The molecule has 2 atom stereocenters. The third kappa shape index (κ3) is 8.26. The van der Waals surface area contributed by atoms with E-state index in [1.807, 2.05) is 6.92 Å². The second kappa shape index (κ2) is 9.30. The van der Waals surface area contributed by atoms with Crippen molar-refractivity contribution in [2.75, 3.05) is 6.61 Å². The Morgan fingerprint density at radius 3 is 2.24 bits per heavy atom. The molecular formula is C13H22O8. The molecule has 0 rings (SSSR count). The minimum absolute atomic E-state index is 0.0254. The van der Waals surface area contributed by atoms with Gasteiger partial charge in [0, 0.05) is 0 Å². The summed E-state index contributed by atoms with van der Waals surface area (Å²) in [7, 11) is 0. The maximum Gasteiger partial charge on any atom is 0.336 e. The standard InChI is InChI=1S/C13H22O8/c1-2-4-9(14)5-3-6-21-11(17)8-13(20,12(18)19)7-10(15)16/h9,14,20H,2-8H2,1H3,(H,15,16)(H,18,19). The minimum Gasteiger partial charge on any atom is -0.481 e. The summed E-state index contributed by atoms with van der Waals surface area (Å²) in [5.41, 5.74) is -2.68. The molecule has 0 aromatic carbocycles. The lowest BCUT2D eigenvalue weighted by Crippen LogP contribution is -2.43. The van der Waals surface area contributed by atoms with E-state index in [1.54, 1.807) is 0 Å². The summed E-state index contributed by atoms with van der Waals surface area (Å²) in [5.74, 6) is -4.32. The highest BCUT2D eigenvalue weighted by Crippen LogP contribution is 2.17. The van der Waals surface area contributed by atoms with Gasteiger partial charge in [-0.3, -0.25) is 9.59 Å². The van der Waals surface area contributed by atoms with E-state index >= 15 is 0 Å². The van der Waals surface area contributed by atoms with Crippen LogP contribution in [0.3, 0.4) is 0 Å². The zero-order valence-electron chi connectivity index (χ0n) is 11.9. The minimum atomic E-state index is -2.68. The van der Waals surface area contributed by atoms with Crippen molar-refractivity contribution in [3.8, 4) is 0 Å². The van der Waals surface area contributed by atoms with Crippen LogP contribution in [-0.4, -0.2) is 56.6 Å². The highest BCUT2D eigenvalue weighted by atomic mass is 16.5. The molecule has 0 saturated heterocycles. The molecule has 21 heavy (non-hydrogen) atoms. The quantitative estimate of drug-likeness (QED) is 0.312. The molecule has 0 aliphatic carbocycles. The van der Waals surface area contributed by atoms with Gasteiger partial charge in [0.05, 0.1) is 25.6 Å². The Kier molecular flexibility index (Phi) is 8.56. The van der Waals surface area contributed by atoms with Crippen molar-refractivity contribution >= 4 is 17.9 Å². The lowest BCUT2D eigenvalue weighted by Gasteiger charge is -2.20. The predicted octanol–water partition coefficient (Wildman–Crippen LogP) is 0.151. The zero-order valence-corrected chi connectivity index (χ0v) is 11.9. The molecule has 0 spiro atoms. The molecule has 0 aliphatic heterocycles. The largest absolute Gasteiger partial charge is 0.481 e. The van der Waals surface area contributed by atoms with E-state index < -0.39 is 42.5 Å². The number of aliphatic hydroxyl groups excluding tert-OH is 1. The van der Waals surface area contributed by atoms with Crippen molar-refractivity contribution in [1.82, 2.24) is 0 Å². The van der Waals surface area contributed by atoms with Crippen molar-refractivity contribution in [2.24, 2.45) is 0 Å². The number of carboxylic acid groups (broad SMARTS) is 2. The fraction of sp³-hybridized carbons (Fsp3) is 0.769. The Hall–Kier alpha value is -1.67. The maximum absolute atomic E-state index is 11.4. The number of ether oxygens (including phenoxy) is 1. The summed E-state index contributed by atoms with van der Waals surface area (Å²) in [6.45, 7) is 1.90. The Morgan fingerprint density at radius 2 is 1.76 bits per heavy atom. The van der Waals surface area contributed by atoms with Gasteiger partial charge in [0.25, 0.3) is 0 Å². The van der Waals surface area contributed by atoms with Crippen molar-refractivity contribution in [3.05, 3.63) is 0 Å². The maximum atomic E-state index is 11.4. The van der Waals surface area contributed by atoms with E-state index in [0.717, 1.165) is 6.42 Å². The molecule has 122 valence electrons. The highest BCUT2D eigenvalue weighted by molar-refractivity contribution is 5.88. The smallest absolute Gasteiger partial charge is 0.336 e. The Bertz CT molecular complexity index is 367. The Balaban J connectivity index is 4.16. The molecule has 0 heterocycles. The number of rotatable bonds is 11. The van der Waals surface area contributed by atoms with Gasteiger partial charge in [-0.2, -0.15) is 0 Å². The van der Waals surface area contributed by atoms with Crippen LogP contribution in [0.4, 0.5) is 0 Å². The molecule has 0 fully saturated rings. The average Bonchev–Trinajstić information content (AvgIpc) is 2.33. The van der Waals surface area contributed by atoms with Gasteiger partial charge in [0.15, 0.2) is 5.60 Å². The Labute approximate surface area is 122 Å². The van der Waals surface area contributed by atoms with Gasteiger partial charge in [0.2, 0.25) is 0 Å². The second-order valence-electron chi connectivity index (χ2n) is 4.89. The molecule has 8 nitrogen and oxygen atoms in total. The van der Waals surface area contributed by atoms with Crippen LogP contribution in [0.25, 0.3) is 0 Å². The van der Waals surface area contributed by atoms with E-state index in [9.17, 15) is 24.6 Å². The summed E-state index contributed by atoms with van der Waals surface area (Å²) in [4.78, 5) is 32.7. The van der Waals surface area contributed by atoms with Gasteiger partial charge < -0.3 is 25.2 Å². The van der Waals surface area contributed by atoms with E-state index in [1.165, 1.54) is 0 Å². The molecule has 8 heteroatoms. The van der Waals surface area contributed by atoms with E-state index in [4.69, 9.17) is 14.9 Å². The zero-order chi connectivity index (χ0) is 16.5. The number of esters is 1. The molecule has 0 amide bonds. The first-order valence-electron chi connectivity index (χ1n) is 6.72. The first-order chi connectivity index (χ1) is 9.71. The summed E-state index contributed by atoms with van der Waals surface area (Å²) in [6.07, 6.45) is -0.181. The summed E-state index contributed by atoms with van der Waals surface area (Å²) in [5, 5.41) is 36.4. The molecule has 0 aliphatic rings. The molecular weight excluding hydrogens is 284 g/mol. The van der Waals surface area contributed by atoms with E-state index in [-0.39, 0.29) is 6.61 Å². The topological polar surface area (TPSA) is 141 Å². The second-order valence-corrected chi connectivity index (χ2v) is 4.89. The summed E-state index contributed by atoms with van der Waals surface area (Å²) < 4.78 is 4.73. The molecule has 0 bridgehead atoms. The van der Waals surface area contributed by atoms with Gasteiger partial charge in [-0.05, 0) is 19.3 Å². The number of carbonyl (C=O) groups is 3. The van der Waals surface area contributed by atoms with Gasteiger partial charge in [-0.15, -0.1) is 0 Å². The van der Waals surface area contributed by atoms with Crippen LogP contribution in [0.5, 0.6) is 0 Å². The average molecular weight is 306 g/mol. The van der Waals surface area contributed by atoms with Gasteiger partial charge in [-0.1, -0.05) is 13.3 Å². The summed E-state index contributed by atoms with van der Waals surface area (Å²) >= 11 is 0. The van der Waals surface area contributed by atoms with Crippen LogP contribution in [0.2, 0.25) is 0 Å². The lowest BCUT2D eigenvalue weighted by atomic mass is 9.96. The van der Waals surface area contributed by atoms with E-state index in [0.29, 0.717) is 19.3 Å². The van der Waals surface area contributed by atoms with Gasteiger partial charge >= 0.3 is 17.9 Å². The molecule has 4 N–H and O–H groups in total. The third-order valence-electron chi connectivity index (χ3n) is 2.85. The van der Waals surface area contributed by atoms with Gasteiger partial charge in [-0.25, -0.2) is 4.79 Å². The van der Waals surface area contributed by atoms with Gasteiger partial charge in [0.1, 0.15) is 0 Å². The number of hydrogen-bond donors (Lipinski definition) is 4. The molecule has 0 aromatic heterocycles. The number of aliphatic carboxylic acids is 2. The number of carboxylic acids is 2. The first-order valence-corrected chi connectivity index (χ1v) is 6.72. The van der Waals surface area contributed by atoms with Crippen LogP contribution in [0.1, 0.15) is 45.4 Å². The molecule has 0 radical (unpaired) electrons. The normalized spacial score (nSPS) is 15.0. The van der Waals surface area contributed by atoms with Crippen LogP contribution in [-0.2, 0) is 19.1 Å². The van der Waals surface area contributed by atoms with Crippen LogP contribution in [0, 0.1) is 0 Å². The monoisotopic (exact) mass is 306 g/mol. The van der Waals surface area contributed by atoms with Crippen LogP contribution in [0.15, 0.2) is 0 Å². The van der Waals surface area contributed by atoms with Crippen LogP contribution < -0.4 is 0 Å². The van der Waals surface area contributed by atoms with Crippen molar-refractivity contribution in [3.63, 3.8) is 0 Å². The fourth-order valence-electron chi connectivity index (χ4n) is 1.74. The lowest BCUT2D eigenvalue weighted by molar-refractivity contribution is -0.172. The SMILES string of the molecule is CCCC(O)CCCOC(=O)CC(O)(CC(=O)O)C(=O)O. The molecule has 0 saturated carbocycles. The summed E-state index contributed by atoms with van der Waals surface area (Å²) in [6, 6.07) is 0. The van der Waals surface area contributed by atoms with Crippen LogP contribution >= 0.6 is 0 Å². The van der Waals surface area contributed by atoms with Crippen molar-refractivity contribution in [2.45, 2.75) is 57.2 Å². The predicted molar refractivity (Wildman–Crippen MR) is 70.6 cm³/mol. The fourth-order valence-corrected chi connectivity index (χ4v) is 1.74. The van der Waals surface area contributed by atoms with Crippen molar-refractivity contribution in [1.29, 1.82) is 0 Å². The highest BCUT2D eigenvalue weighted by Gasteiger charge is 2.41. The first kappa shape index (κ1) is 19.3. The molecule has 0 aromatic rings.